The van der Waals surface area contributed by atoms with Crippen molar-refractivity contribution in [2.45, 2.75) is 114 Å². The van der Waals surface area contributed by atoms with E-state index in [-0.39, 0.29) is 24.8 Å². The number of esters is 2. The summed E-state index contributed by atoms with van der Waals surface area (Å²) in [5.41, 5.74) is 13.0. The molecule has 3 heterocycles. The van der Waals surface area contributed by atoms with Crippen LogP contribution in [0, 0.1) is 0 Å². The maximum absolute atomic E-state index is 12.2. The predicted molar refractivity (Wildman–Crippen MR) is 246 cm³/mol. The molecular formula is C53H62N2O7. The van der Waals surface area contributed by atoms with Crippen LogP contribution in [0.3, 0.4) is 0 Å². The lowest BCUT2D eigenvalue weighted by Crippen LogP contribution is -2.23. The topological polar surface area (TPSA) is 123 Å². The lowest BCUT2D eigenvalue weighted by atomic mass is 9.81. The summed E-state index contributed by atoms with van der Waals surface area (Å²) in [7, 11) is 2.84. The lowest BCUT2D eigenvalue weighted by molar-refractivity contribution is -0.161. The highest BCUT2D eigenvalue weighted by Crippen LogP contribution is 2.45. The highest BCUT2D eigenvalue weighted by atomic mass is 16.7. The molecular weight excluding hydrogens is 777 g/mol. The van der Waals surface area contributed by atoms with Crippen molar-refractivity contribution in [1.82, 2.24) is 9.97 Å². The number of hydrogen-bond acceptors (Lipinski definition) is 7. The van der Waals surface area contributed by atoms with E-state index < -0.39 is 0 Å². The zero-order valence-electron chi connectivity index (χ0n) is 36.4. The first-order valence-corrected chi connectivity index (χ1v) is 23.0. The summed E-state index contributed by atoms with van der Waals surface area (Å²) in [5.74, 6) is 0.419. The van der Waals surface area contributed by atoms with Crippen LogP contribution >= 0.6 is 0 Å². The monoisotopic (exact) mass is 838 g/mol. The fourth-order valence-electron chi connectivity index (χ4n) is 10.2. The minimum absolute atomic E-state index is 0.0662. The maximum Gasteiger partial charge on any atom is 0.337 e. The summed E-state index contributed by atoms with van der Waals surface area (Å²) in [6, 6.07) is 28.6. The van der Waals surface area contributed by atoms with Crippen LogP contribution in [0.2, 0.25) is 0 Å². The Kier molecular flexibility index (Phi) is 14.5. The second-order valence-corrected chi connectivity index (χ2v) is 17.2. The molecule has 9 rings (SSSR count). The van der Waals surface area contributed by atoms with Gasteiger partial charge in [-0.15, -0.1) is 0 Å². The highest BCUT2D eigenvalue weighted by Gasteiger charge is 2.27. The highest BCUT2D eigenvalue weighted by molar-refractivity contribution is 5.99. The number of methoxy groups -OCH3 is 2. The minimum atomic E-state index is -0.321. The van der Waals surface area contributed by atoms with E-state index in [9.17, 15) is 14.7 Å². The Morgan fingerprint density at radius 2 is 1.10 bits per heavy atom. The number of aromatic amines is 2. The fraction of sp³-hybridized carbons (Fsp3) is 0.434. The molecule has 62 heavy (non-hydrogen) atoms. The average Bonchev–Trinajstić information content (AvgIpc) is 3.91. The first-order chi connectivity index (χ1) is 30.5. The van der Waals surface area contributed by atoms with Gasteiger partial charge in [0.2, 0.25) is 0 Å². The molecule has 9 nitrogen and oxygen atoms in total. The number of H-pyrrole nitrogens is 2. The molecule has 9 heteroatoms. The van der Waals surface area contributed by atoms with Gasteiger partial charge in [-0.1, -0.05) is 99.2 Å². The van der Waals surface area contributed by atoms with Crippen LogP contribution in [0.5, 0.6) is 0 Å². The molecule has 326 valence electrons. The fourth-order valence-corrected chi connectivity index (χ4v) is 10.2. The number of aliphatic hydroxyl groups is 1. The number of aromatic nitrogens is 2. The third-order valence-electron chi connectivity index (χ3n) is 13.3. The quantitative estimate of drug-likeness (QED) is 0.105. The summed E-state index contributed by atoms with van der Waals surface area (Å²) in [6.45, 7) is 1.57. The van der Waals surface area contributed by atoms with Crippen molar-refractivity contribution in [2.24, 2.45) is 0 Å². The van der Waals surface area contributed by atoms with Crippen LogP contribution in [0.15, 0.2) is 84.9 Å². The standard InChI is InChI=1S/C29H35NO4.C24H27NO3/c1-32-29(31)22-14-15-24-25(19-22)30-28(27(24)21-10-3-2-4-11-21)23-12-6-5-9-20(23)16-18-34-26-13-7-8-17-33-26;1-28-24(27)18-11-12-20-21(15-18)25-23(22(20)17-8-3-2-4-9-17)19-10-6-5-7-16(19)13-14-26/h5-6,9,12,14-15,19,21,26,30H,2-4,7-8,10-11,13,16-18H2,1H3;5-7,10-12,15,17,25-26H,2-4,8-9,13-14H2,1H3. The predicted octanol–water partition coefficient (Wildman–Crippen LogP) is 12.0. The van der Waals surface area contributed by atoms with E-state index in [1.54, 1.807) is 0 Å². The Morgan fingerprint density at radius 1 is 0.613 bits per heavy atom. The number of aliphatic hydroxyl groups excluding tert-OH is 1. The second kappa shape index (κ2) is 20.8. The van der Waals surface area contributed by atoms with Crippen LogP contribution in [0.1, 0.15) is 138 Å². The van der Waals surface area contributed by atoms with E-state index in [0.29, 0.717) is 36.0 Å². The van der Waals surface area contributed by atoms with Crippen LogP contribution in [0.25, 0.3) is 44.3 Å². The number of fused-ring (bicyclic) bond motifs is 2. The summed E-state index contributed by atoms with van der Waals surface area (Å²) in [4.78, 5) is 31.5. The summed E-state index contributed by atoms with van der Waals surface area (Å²) in [5, 5.41) is 11.9. The molecule has 2 saturated carbocycles. The van der Waals surface area contributed by atoms with Crippen molar-refractivity contribution in [3.63, 3.8) is 0 Å². The molecule has 4 aromatic carbocycles. The van der Waals surface area contributed by atoms with Gasteiger partial charge in [-0.05, 0) is 116 Å². The first-order valence-electron chi connectivity index (χ1n) is 23.0. The molecule has 3 fully saturated rings. The molecule has 2 aromatic heterocycles. The Bertz CT molecular complexity index is 2450. The van der Waals surface area contributed by atoms with Crippen LogP contribution in [0.4, 0.5) is 0 Å². The first kappa shape index (κ1) is 43.4. The number of carbonyl (C=O) groups excluding carboxylic acids is 2. The minimum Gasteiger partial charge on any atom is -0.465 e. The normalized spacial score (nSPS) is 17.4. The van der Waals surface area contributed by atoms with E-state index in [2.05, 4.69) is 58.5 Å². The number of benzene rings is 4. The van der Waals surface area contributed by atoms with Gasteiger partial charge in [-0.25, -0.2) is 9.59 Å². The molecule has 0 amide bonds. The molecule has 0 radical (unpaired) electrons. The number of ether oxygens (including phenoxy) is 4. The van der Waals surface area contributed by atoms with Gasteiger partial charge in [0, 0.05) is 46.1 Å². The zero-order chi connectivity index (χ0) is 42.8. The second-order valence-electron chi connectivity index (χ2n) is 17.2. The Labute approximate surface area is 365 Å². The third kappa shape index (κ3) is 9.70. The van der Waals surface area contributed by atoms with Gasteiger partial charge < -0.3 is 34.0 Å². The SMILES string of the molecule is COC(=O)c1ccc2c(C3CCCCC3)c(-c3ccccc3CCO)[nH]c2c1.COC(=O)c1ccc2c(C3CCCCC3)c(-c3ccccc3CCOC3CCCCO3)[nH]c2c1. The molecule has 0 spiro atoms. The van der Waals surface area contributed by atoms with Crippen molar-refractivity contribution >= 4 is 33.7 Å². The maximum atomic E-state index is 12.2. The van der Waals surface area contributed by atoms with Gasteiger partial charge in [0.1, 0.15) is 0 Å². The number of nitrogens with one attached hydrogen (secondary N) is 2. The van der Waals surface area contributed by atoms with Crippen molar-refractivity contribution in [3.8, 4) is 22.5 Å². The third-order valence-corrected chi connectivity index (χ3v) is 13.3. The van der Waals surface area contributed by atoms with E-state index in [4.69, 9.17) is 18.9 Å². The van der Waals surface area contributed by atoms with Gasteiger partial charge in [0.15, 0.2) is 6.29 Å². The largest absolute Gasteiger partial charge is 0.465 e. The van der Waals surface area contributed by atoms with Crippen molar-refractivity contribution in [2.75, 3.05) is 34.0 Å². The molecule has 1 atom stereocenters. The van der Waals surface area contributed by atoms with E-state index in [1.807, 2.05) is 36.4 Å². The van der Waals surface area contributed by atoms with Gasteiger partial charge >= 0.3 is 11.9 Å². The molecule has 3 N–H and O–H groups in total. The van der Waals surface area contributed by atoms with Crippen LogP contribution in [-0.4, -0.2) is 67.3 Å². The van der Waals surface area contributed by atoms with Crippen molar-refractivity contribution in [1.29, 1.82) is 0 Å². The Balaban J connectivity index is 0.000000174. The average molecular weight is 839 g/mol. The van der Waals surface area contributed by atoms with E-state index in [0.717, 1.165) is 53.7 Å². The number of hydrogen-bond donors (Lipinski definition) is 3. The molecule has 6 aromatic rings. The zero-order valence-corrected chi connectivity index (χ0v) is 36.4. The summed E-state index contributed by atoms with van der Waals surface area (Å²) in [6.07, 6.45) is 17.2. The van der Waals surface area contributed by atoms with Gasteiger partial charge in [-0.3, -0.25) is 0 Å². The van der Waals surface area contributed by atoms with Gasteiger partial charge in [0.25, 0.3) is 0 Å². The smallest absolute Gasteiger partial charge is 0.337 e. The van der Waals surface area contributed by atoms with Crippen molar-refractivity contribution < 1.29 is 33.6 Å². The summed E-state index contributed by atoms with van der Waals surface area (Å²) >= 11 is 0. The summed E-state index contributed by atoms with van der Waals surface area (Å²) < 4.78 is 21.6. The van der Waals surface area contributed by atoms with Crippen LogP contribution < -0.4 is 0 Å². The number of rotatable bonds is 12. The van der Waals surface area contributed by atoms with Crippen LogP contribution in [-0.2, 0) is 31.8 Å². The van der Waals surface area contributed by atoms with Crippen molar-refractivity contribution in [3.05, 3.63) is 118 Å². The molecule has 1 aliphatic heterocycles. The molecule has 2 aliphatic carbocycles. The lowest BCUT2D eigenvalue weighted by Gasteiger charge is -2.24. The van der Waals surface area contributed by atoms with Gasteiger partial charge in [-0.2, -0.15) is 0 Å². The molecule has 1 unspecified atom stereocenters. The molecule has 0 bridgehead atoms. The van der Waals surface area contributed by atoms with E-state index >= 15 is 0 Å². The Morgan fingerprint density at radius 3 is 1.56 bits per heavy atom. The van der Waals surface area contributed by atoms with Gasteiger partial charge in [0.05, 0.1) is 43.3 Å². The van der Waals surface area contributed by atoms with E-state index in [1.165, 1.54) is 124 Å². The Hall–Kier alpha value is -5.22. The molecule has 3 aliphatic rings. The number of carbonyl (C=O) groups is 2. The molecule has 1 saturated heterocycles.